The lowest BCUT2D eigenvalue weighted by atomic mass is 10.1. The van der Waals surface area contributed by atoms with E-state index in [0.29, 0.717) is 5.02 Å². The van der Waals surface area contributed by atoms with E-state index in [2.05, 4.69) is 21.8 Å². The van der Waals surface area contributed by atoms with E-state index in [1.807, 2.05) is 42.6 Å². The van der Waals surface area contributed by atoms with Crippen LogP contribution in [0.3, 0.4) is 0 Å². The van der Waals surface area contributed by atoms with Crippen molar-refractivity contribution in [1.82, 2.24) is 9.97 Å². The number of fused-ring (bicyclic) bond motifs is 1. The van der Waals surface area contributed by atoms with Gasteiger partial charge in [0.15, 0.2) is 0 Å². The molecular formula is C15H9ClN2. The highest BCUT2D eigenvalue weighted by atomic mass is 35.5. The number of nitrogens with one attached hydrogen (secondary N) is 1. The molecule has 3 aromatic rings. The van der Waals surface area contributed by atoms with E-state index in [4.69, 9.17) is 11.6 Å². The Morgan fingerprint density at radius 1 is 1.11 bits per heavy atom. The summed E-state index contributed by atoms with van der Waals surface area (Å²) < 4.78 is 0. The second-order valence-electron chi connectivity index (χ2n) is 3.86. The molecule has 86 valence electrons. The fraction of sp³-hybridized carbons (Fsp3) is 0. The topological polar surface area (TPSA) is 28.7 Å². The number of benzene rings is 1. The Balaban J connectivity index is 2.05. The van der Waals surface area contributed by atoms with Crippen molar-refractivity contribution in [3.8, 4) is 11.8 Å². The number of hydrogen-bond donors (Lipinski definition) is 1. The number of halogens is 1. The summed E-state index contributed by atoms with van der Waals surface area (Å²) >= 11 is 5.92. The Labute approximate surface area is 110 Å². The number of rotatable bonds is 0. The van der Waals surface area contributed by atoms with Crippen LogP contribution in [0.5, 0.6) is 0 Å². The number of pyridine rings is 1. The second-order valence-corrected chi connectivity index (χ2v) is 4.30. The summed E-state index contributed by atoms with van der Waals surface area (Å²) in [6.45, 7) is 0. The highest BCUT2D eigenvalue weighted by molar-refractivity contribution is 6.30. The van der Waals surface area contributed by atoms with Gasteiger partial charge in [0.25, 0.3) is 0 Å². The molecule has 0 aliphatic rings. The zero-order chi connectivity index (χ0) is 12.4. The highest BCUT2D eigenvalue weighted by Crippen LogP contribution is 2.14. The van der Waals surface area contributed by atoms with Crippen LogP contribution >= 0.6 is 11.6 Å². The van der Waals surface area contributed by atoms with Crippen LogP contribution in [0.25, 0.3) is 11.0 Å². The van der Waals surface area contributed by atoms with E-state index < -0.39 is 0 Å². The lowest BCUT2D eigenvalue weighted by Crippen LogP contribution is -1.81. The monoisotopic (exact) mass is 252 g/mol. The van der Waals surface area contributed by atoms with Gasteiger partial charge in [0.1, 0.15) is 5.65 Å². The van der Waals surface area contributed by atoms with Gasteiger partial charge in [0.05, 0.1) is 0 Å². The smallest absolute Gasteiger partial charge is 0.138 e. The molecule has 0 aliphatic carbocycles. The predicted octanol–water partition coefficient (Wildman–Crippen LogP) is 3.62. The Hall–Kier alpha value is -2.24. The molecule has 3 heteroatoms. The number of hydrogen-bond acceptors (Lipinski definition) is 1. The van der Waals surface area contributed by atoms with Crippen molar-refractivity contribution in [3.05, 3.63) is 64.9 Å². The molecule has 0 atom stereocenters. The Bertz CT molecular complexity index is 763. The molecule has 1 aromatic carbocycles. The van der Waals surface area contributed by atoms with Gasteiger partial charge in [-0.2, -0.15) is 0 Å². The molecular weight excluding hydrogens is 244 g/mol. The zero-order valence-corrected chi connectivity index (χ0v) is 10.2. The average molecular weight is 253 g/mol. The van der Waals surface area contributed by atoms with Crippen LogP contribution in [0.1, 0.15) is 11.1 Å². The van der Waals surface area contributed by atoms with Crippen LogP contribution in [0.15, 0.2) is 48.8 Å². The van der Waals surface area contributed by atoms with Gasteiger partial charge in [-0.15, -0.1) is 0 Å². The van der Waals surface area contributed by atoms with Gasteiger partial charge in [0.2, 0.25) is 0 Å². The first kappa shape index (κ1) is 10.9. The lowest BCUT2D eigenvalue weighted by molar-refractivity contribution is 1.32. The molecule has 0 radical (unpaired) electrons. The third-order valence-electron chi connectivity index (χ3n) is 2.63. The van der Waals surface area contributed by atoms with Gasteiger partial charge in [0, 0.05) is 33.9 Å². The minimum absolute atomic E-state index is 0.698. The zero-order valence-electron chi connectivity index (χ0n) is 9.44. The van der Waals surface area contributed by atoms with E-state index in [9.17, 15) is 0 Å². The molecule has 18 heavy (non-hydrogen) atoms. The Morgan fingerprint density at radius 2 is 2.06 bits per heavy atom. The summed E-state index contributed by atoms with van der Waals surface area (Å²) in [6, 6.07) is 11.4. The lowest BCUT2D eigenvalue weighted by Gasteiger charge is -1.93. The summed E-state index contributed by atoms with van der Waals surface area (Å²) in [4.78, 5) is 7.29. The van der Waals surface area contributed by atoms with E-state index in [1.54, 1.807) is 6.20 Å². The van der Waals surface area contributed by atoms with Crippen LogP contribution in [0.4, 0.5) is 0 Å². The molecule has 0 saturated carbocycles. The summed E-state index contributed by atoms with van der Waals surface area (Å²) in [5.41, 5.74) is 2.72. The molecule has 3 rings (SSSR count). The third kappa shape index (κ3) is 2.09. The first-order valence-electron chi connectivity index (χ1n) is 5.52. The number of aromatic amines is 1. The van der Waals surface area contributed by atoms with Crippen molar-refractivity contribution in [3.63, 3.8) is 0 Å². The van der Waals surface area contributed by atoms with Crippen molar-refractivity contribution in [2.75, 3.05) is 0 Å². The van der Waals surface area contributed by atoms with E-state index in [1.165, 1.54) is 0 Å². The quantitative estimate of drug-likeness (QED) is 0.609. The van der Waals surface area contributed by atoms with Crippen molar-refractivity contribution < 1.29 is 0 Å². The van der Waals surface area contributed by atoms with Crippen LogP contribution < -0.4 is 0 Å². The molecule has 0 amide bonds. The van der Waals surface area contributed by atoms with Crippen molar-refractivity contribution in [1.29, 1.82) is 0 Å². The predicted molar refractivity (Wildman–Crippen MR) is 73.5 cm³/mol. The molecule has 2 aromatic heterocycles. The van der Waals surface area contributed by atoms with Crippen molar-refractivity contribution in [2.24, 2.45) is 0 Å². The summed E-state index contributed by atoms with van der Waals surface area (Å²) in [7, 11) is 0. The Kier molecular flexibility index (Phi) is 2.76. The van der Waals surface area contributed by atoms with Crippen molar-refractivity contribution in [2.45, 2.75) is 0 Å². The highest BCUT2D eigenvalue weighted by Gasteiger charge is 1.99. The molecule has 0 bridgehead atoms. The van der Waals surface area contributed by atoms with E-state index in [0.717, 1.165) is 22.2 Å². The summed E-state index contributed by atoms with van der Waals surface area (Å²) in [5, 5.41) is 1.73. The molecule has 0 unspecified atom stereocenters. The van der Waals surface area contributed by atoms with Gasteiger partial charge in [-0.3, -0.25) is 0 Å². The number of nitrogens with zero attached hydrogens (tertiary/aromatic N) is 1. The molecule has 0 fully saturated rings. The van der Waals surface area contributed by atoms with E-state index in [-0.39, 0.29) is 0 Å². The molecule has 0 saturated heterocycles. The minimum Gasteiger partial charge on any atom is -0.346 e. The normalized spacial score (nSPS) is 10.1. The van der Waals surface area contributed by atoms with Gasteiger partial charge in [-0.05, 0) is 30.3 Å². The van der Waals surface area contributed by atoms with Crippen LogP contribution in [-0.2, 0) is 0 Å². The maximum absolute atomic E-state index is 5.92. The van der Waals surface area contributed by atoms with Gasteiger partial charge >= 0.3 is 0 Å². The summed E-state index contributed by atoms with van der Waals surface area (Å²) in [5.74, 6) is 6.26. The molecule has 0 aliphatic heterocycles. The SMILES string of the molecule is Clc1cccc(C#Cc2ccnc3[nH]ccc23)c1. The minimum atomic E-state index is 0.698. The Morgan fingerprint density at radius 3 is 2.94 bits per heavy atom. The molecule has 2 nitrogen and oxygen atoms in total. The van der Waals surface area contributed by atoms with Gasteiger partial charge in [-0.25, -0.2) is 4.98 Å². The van der Waals surface area contributed by atoms with Crippen LogP contribution in [0, 0.1) is 11.8 Å². The number of aromatic nitrogens is 2. The largest absolute Gasteiger partial charge is 0.346 e. The average Bonchev–Trinajstić information content (AvgIpc) is 2.85. The molecule has 0 spiro atoms. The standard InChI is InChI=1S/C15H9ClN2/c16-13-3-1-2-11(10-13)4-5-12-6-8-17-15-14(12)7-9-18-15/h1-3,6-10H,(H,17,18). The van der Waals surface area contributed by atoms with E-state index >= 15 is 0 Å². The fourth-order valence-corrected chi connectivity index (χ4v) is 1.97. The molecule has 2 heterocycles. The summed E-state index contributed by atoms with van der Waals surface area (Å²) in [6.07, 6.45) is 3.61. The maximum Gasteiger partial charge on any atom is 0.138 e. The van der Waals surface area contributed by atoms with Crippen LogP contribution in [0.2, 0.25) is 5.02 Å². The maximum atomic E-state index is 5.92. The third-order valence-corrected chi connectivity index (χ3v) is 2.86. The van der Waals surface area contributed by atoms with Gasteiger partial charge in [-0.1, -0.05) is 29.5 Å². The number of H-pyrrole nitrogens is 1. The first-order chi connectivity index (χ1) is 8.83. The fourth-order valence-electron chi connectivity index (χ4n) is 1.78. The van der Waals surface area contributed by atoms with Gasteiger partial charge < -0.3 is 4.98 Å². The molecule has 1 N–H and O–H groups in total. The van der Waals surface area contributed by atoms with Crippen LogP contribution in [-0.4, -0.2) is 9.97 Å². The first-order valence-corrected chi connectivity index (χ1v) is 5.90. The van der Waals surface area contributed by atoms with Crippen molar-refractivity contribution >= 4 is 22.6 Å². The second kappa shape index (κ2) is 4.56.